The molecular formula is C35H38BN2P. The fourth-order valence-electron chi connectivity index (χ4n) is 6.35. The van der Waals surface area contributed by atoms with Crippen LogP contribution in [0.3, 0.4) is 0 Å². The molecule has 0 spiro atoms. The van der Waals surface area contributed by atoms with Gasteiger partial charge in [-0.3, -0.25) is 4.99 Å². The summed E-state index contributed by atoms with van der Waals surface area (Å²) in [5.74, 6) is 0. The molecular weight excluding hydrogens is 490 g/mol. The quantitative estimate of drug-likeness (QED) is 0.186. The predicted molar refractivity (Wildman–Crippen MR) is 174 cm³/mol. The summed E-state index contributed by atoms with van der Waals surface area (Å²) in [5.41, 5.74) is 15.2. The Morgan fingerprint density at radius 2 is 1.33 bits per heavy atom. The second-order valence-electron chi connectivity index (χ2n) is 10.5. The molecule has 1 aromatic heterocycles. The number of rotatable bonds is 7. The van der Waals surface area contributed by atoms with Crippen molar-refractivity contribution >= 4 is 43.6 Å². The number of aliphatic imine (C=N–C) groups is 1. The highest BCUT2D eigenvalue weighted by molar-refractivity contribution is 7.27. The van der Waals surface area contributed by atoms with Gasteiger partial charge in [-0.1, -0.05) is 110 Å². The first-order chi connectivity index (χ1) is 18.9. The zero-order valence-electron chi connectivity index (χ0n) is 24.0. The third-order valence-corrected chi connectivity index (χ3v) is 8.62. The van der Waals surface area contributed by atoms with Crippen LogP contribution >= 0.6 is 9.24 Å². The van der Waals surface area contributed by atoms with E-state index >= 15 is 0 Å². The van der Waals surface area contributed by atoms with Crippen molar-refractivity contribution in [1.82, 2.24) is 4.48 Å². The van der Waals surface area contributed by atoms with E-state index in [9.17, 15) is 0 Å². The lowest BCUT2D eigenvalue weighted by Gasteiger charge is -2.24. The molecule has 0 radical (unpaired) electrons. The SMILES string of the molecule is CCC1=C(C)/C(=C(\c2ccc(P)cc2)c2c(C)c(CC)c(C)n2B(c2ccccc2)c2ccccc2)N=C1C. The van der Waals surface area contributed by atoms with E-state index in [-0.39, 0.29) is 6.85 Å². The Labute approximate surface area is 236 Å². The maximum atomic E-state index is 5.25. The Morgan fingerprint density at radius 3 is 1.82 bits per heavy atom. The fourth-order valence-corrected chi connectivity index (χ4v) is 6.55. The Hall–Kier alpha value is -3.42. The first kappa shape index (κ1) is 27.2. The van der Waals surface area contributed by atoms with Gasteiger partial charge in [-0.15, -0.1) is 9.24 Å². The second kappa shape index (κ2) is 11.4. The van der Waals surface area contributed by atoms with Gasteiger partial charge in [0.1, 0.15) is 0 Å². The number of allylic oxidation sites excluding steroid dienone is 2. The van der Waals surface area contributed by atoms with Gasteiger partial charge in [0.05, 0.1) is 5.70 Å². The third-order valence-electron chi connectivity index (χ3n) is 8.24. The van der Waals surface area contributed by atoms with E-state index in [0.717, 1.165) is 24.3 Å². The first-order valence-electron chi connectivity index (χ1n) is 14.0. The monoisotopic (exact) mass is 528 g/mol. The molecule has 0 N–H and O–H groups in total. The zero-order chi connectivity index (χ0) is 27.7. The highest BCUT2D eigenvalue weighted by atomic mass is 31.0. The molecule has 0 fully saturated rings. The lowest BCUT2D eigenvalue weighted by molar-refractivity contribution is 1.04. The number of nitrogens with zero attached hydrogens (tertiary/aromatic N) is 2. The predicted octanol–water partition coefficient (Wildman–Crippen LogP) is 6.78. The average Bonchev–Trinajstić information content (AvgIpc) is 3.37. The molecule has 3 aromatic carbocycles. The van der Waals surface area contributed by atoms with Crippen LogP contribution in [0.4, 0.5) is 0 Å². The molecule has 1 aliphatic rings. The summed E-state index contributed by atoms with van der Waals surface area (Å²) in [7, 11) is 2.82. The van der Waals surface area contributed by atoms with E-state index in [4.69, 9.17) is 4.99 Å². The van der Waals surface area contributed by atoms with Crippen LogP contribution in [0.15, 0.2) is 107 Å². The molecule has 4 heteroatoms. The molecule has 0 amide bonds. The lowest BCUT2D eigenvalue weighted by atomic mass is 9.50. The van der Waals surface area contributed by atoms with E-state index in [1.54, 1.807) is 0 Å². The minimum Gasteiger partial charge on any atom is -0.380 e. The van der Waals surface area contributed by atoms with Gasteiger partial charge in [-0.05, 0) is 73.7 Å². The van der Waals surface area contributed by atoms with Crippen LogP contribution in [-0.2, 0) is 6.42 Å². The van der Waals surface area contributed by atoms with Gasteiger partial charge < -0.3 is 4.48 Å². The van der Waals surface area contributed by atoms with Crippen molar-refractivity contribution in [3.63, 3.8) is 0 Å². The van der Waals surface area contributed by atoms with Gasteiger partial charge >= 0.3 is 6.85 Å². The highest BCUT2D eigenvalue weighted by Crippen LogP contribution is 2.40. The Balaban J connectivity index is 1.93. The van der Waals surface area contributed by atoms with Crippen LogP contribution in [-0.4, -0.2) is 17.0 Å². The molecule has 2 nitrogen and oxygen atoms in total. The van der Waals surface area contributed by atoms with Gasteiger partial charge in [0.15, 0.2) is 0 Å². The Morgan fingerprint density at radius 1 is 0.769 bits per heavy atom. The van der Waals surface area contributed by atoms with Crippen molar-refractivity contribution in [1.29, 1.82) is 0 Å². The summed E-state index contributed by atoms with van der Waals surface area (Å²) in [6.45, 7) is 13.6. The van der Waals surface area contributed by atoms with Gasteiger partial charge in [0.25, 0.3) is 0 Å². The largest absolute Gasteiger partial charge is 0.380 e. The summed E-state index contributed by atoms with van der Waals surface area (Å²) in [6.07, 6.45) is 1.97. The number of hydrogen-bond donors (Lipinski definition) is 0. The van der Waals surface area contributed by atoms with Crippen molar-refractivity contribution in [2.45, 2.75) is 54.4 Å². The van der Waals surface area contributed by atoms with Gasteiger partial charge in [0.2, 0.25) is 0 Å². The number of hydrogen-bond acceptors (Lipinski definition) is 1. The third kappa shape index (κ3) is 4.90. The molecule has 4 aromatic rings. The Bertz CT molecular complexity index is 1550. The highest BCUT2D eigenvalue weighted by Gasteiger charge is 2.32. The summed E-state index contributed by atoms with van der Waals surface area (Å²) in [5, 5.41) is 1.18. The molecule has 2 heterocycles. The second-order valence-corrected chi connectivity index (χ2v) is 11.2. The van der Waals surface area contributed by atoms with E-state index in [0.29, 0.717) is 0 Å². The van der Waals surface area contributed by atoms with Crippen LogP contribution in [0.25, 0.3) is 5.57 Å². The molecule has 0 saturated carbocycles. The van der Waals surface area contributed by atoms with Crippen molar-refractivity contribution in [3.05, 3.63) is 130 Å². The van der Waals surface area contributed by atoms with Gasteiger partial charge in [-0.2, -0.15) is 0 Å². The average molecular weight is 528 g/mol. The Kier molecular flexibility index (Phi) is 7.92. The molecule has 0 bridgehead atoms. The fraction of sp³-hybridized carbons (Fsp3) is 0.229. The summed E-state index contributed by atoms with van der Waals surface area (Å²) < 4.78 is 2.60. The minimum atomic E-state index is 0.0411. The summed E-state index contributed by atoms with van der Waals surface area (Å²) in [4.78, 5) is 5.25. The lowest BCUT2D eigenvalue weighted by Crippen LogP contribution is -2.49. The van der Waals surface area contributed by atoms with Crippen LogP contribution in [0.2, 0.25) is 0 Å². The molecule has 5 rings (SSSR count). The number of aromatic nitrogens is 1. The van der Waals surface area contributed by atoms with E-state index in [1.807, 2.05) is 0 Å². The van der Waals surface area contributed by atoms with Gasteiger partial charge in [0, 0.05) is 22.7 Å². The molecule has 1 aliphatic heterocycles. The molecule has 0 saturated heterocycles. The van der Waals surface area contributed by atoms with Crippen molar-refractivity contribution < 1.29 is 0 Å². The summed E-state index contributed by atoms with van der Waals surface area (Å²) in [6, 6.07) is 30.7. The topological polar surface area (TPSA) is 17.3 Å². The van der Waals surface area contributed by atoms with Gasteiger partial charge in [-0.25, -0.2) is 0 Å². The maximum Gasteiger partial charge on any atom is 0.327 e. The first-order valence-corrected chi connectivity index (χ1v) is 14.6. The van der Waals surface area contributed by atoms with Crippen molar-refractivity contribution in [2.24, 2.45) is 4.99 Å². The van der Waals surface area contributed by atoms with E-state index in [2.05, 4.69) is 140 Å². The summed E-state index contributed by atoms with van der Waals surface area (Å²) >= 11 is 0. The molecule has 39 heavy (non-hydrogen) atoms. The normalized spacial score (nSPS) is 14.6. The molecule has 0 aliphatic carbocycles. The maximum absolute atomic E-state index is 5.25. The van der Waals surface area contributed by atoms with Crippen LogP contribution in [0.5, 0.6) is 0 Å². The number of benzene rings is 3. The van der Waals surface area contributed by atoms with Crippen molar-refractivity contribution in [2.75, 3.05) is 0 Å². The van der Waals surface area contributed by atoms with Crippen LogP contribution in [0.1, 0.15) is 62.2 Å². The van der Waals surface area contributed by atoms with E-state index < -0.39 is 0 Å². The molecule has 196 valence electrons. The standard InChI is InChI=1S/C35H38BN2P/c1-7-31-23(3)34(37-25(31)5)33(27-19-21-30(39)22-20-27)35-24(4)32(8-2)26(6)38(35)36(28-15-11-9-12-16-28)29-17-13-10-14-18-29/h9-22H,7-8,39H2,1-6H3/b34-33-. The van der Waals surface area contributed by atoms with Crippen LogP contribution < -0.4 is 16.2 Å². The van der Waals surface area contributed by atoms with E-state index in [1.165, 1.54) is 61.0 Å². The molecule has 1 unspecified atom stereocenters. The van der Waals surface area contributed by atoms with Crippen LogP contribution in [0, 0.1) is 13.8 Å². The zero-order valence-corrected chi connectivity index (χ0v) is 25.2. The minimum absolute atomic E-state index is 0.0411. The smallest absolute Gasteiger partial charge is 0.327 e. The molecule has 1 atom stereocenters. The van der Waals surface area contributed by atoms with Crippen molar-refractivity contribution in [3.8, 4) is 0 Å².